The minimum atomic E-state index is -3.87. The van der Waals surface area contributed by atoms with Crippen molar-refractivity contribution in [2.45, 2.75) is 70.2 Å². The first-order valence-electron chi connectivity index (χ1n) is 12.8. The lowest BCUT2D eigenvalue weighted by molar-refractivity contribution is 0.567. The maximum absolute atomic E-state index is 14.3. The third-order valence-electron chi connectivity index (χ3n) is 6.89. The van der Waals surface area contributed by atoms with Crippen molar-refractivity contribution >= 4 is 20.8 Å². The van der Waals surface area contributed by atoms with Gasteiger partial charge >= 0.3 is 0 Å². The maximum atomic E-state index is 14.3. The van der Waals surface area contributed by atoms with E-state index in [9.17, 15) is 8.42 Å². The summed E-state index contributed by atoms with van der Waals surface area (Å²) in [6.45, 7) is 12.6. The molecular weight excluding hydrogens is 462 g/mol. The van der Waals surface area contributed by atoms with Crippen molar-refractivity contribution in [2.75, 3.05) is 0 Å². The molecule has 4 aromatic carbocycles. The van der Waals surface area contributed by atoms with Crippen molar-refractivity contribution < 1.29 is 8.42 Å². The van der Waals surface area contributed by atoms with Gasteiger partial charge < -0.3 is 0 Å². The van der Waals surface area contributed by atoms with E-state index in [1.165, 1.54) is 5.56 Å². The fraction of sp³-hybridized carbons (Fsp3) is 0.312. The molecule has 0 aliphatic rings. The van der Waals surface area contributed by atoms with Gasteiger partial charge in [0.1, 0.15) is 0 Å². The van der Waals surface area contributed by atoms with Gasteiger partial charge in [0.05, 0.1) is 10.9 Å². The van der Waals surface area contributed by atoms with E-state index in [0.29, 0.717) is 10.8 Å². The van der Waals surface area contributed by atoms with Gasteiger partial charge in [-0.1, -0.05) is 126 Å². The quantitative estimate of drug-likeness (QED) is 0.265. The van der Waals surface area contributed by atoms with Crippen molar-refractivity contribution in [3.05, 3.63) is 113 Å². The van der Waals surface area contributed by atoms with Crippen LogP contribution in [0.4, 0.5) is 0 Å². The Morgan fingerprint density at radius 3 is 1.72 bits per heavy atom. The minimum Gasteiger partial charge on any atom is -0.207 e. The fourth-order valence-electron chi connectivity index (χ4n) is 4.87. The number of hydrogen-bond donors (Lipinski definition) is 1. The molecular formula is C32H37NO2S. The number of fused-ring (bicyclic) bond motifs is 1. The molecule has 0 spiro atoms. The standard InChI is InChI=1S/C32H37NO2S/c1-21(2)26-19-29(22(3)4)32(30(20-26)23(5)6)36(34,35)33-31(25-14-8-7-9-15-25)28-18-12-16-24-13-10-11-17-27(24)28/h7-23,31,33H,1-6H3/t31-/m1/s1. The van der Waals surface area contributed by atoms with Gasteiger partial charge in [0.25, 0.3) is 0 Å². The van der Waals surface area contributed by atoms with Gasteiger partial charge in [-0.25, -0.2) is 8.42 Å². The van der Waals surface area contributed by atoms with E-state index in [0.717, 1.165) is 33.0 Å². The van der Waals surface area contributed by atoms with Crippen LogP contribution in [0, 0.1) is 0 Å². The first kappa shape index (κ1) is 26.1. The van der Waals surface area contributed by atoms with Gasteiger partial charge in [0, 0.05) is 0 Å². The van der Waals surface area contributed by atoms with Crippen molar-refractivity contribution in [1.82, 2.24) is 4.72 Å². The second kappa shape index (κ2) is 10.6. The number of nitrogens with one attached hydrogen (secondary N) is 1. The molecule has 0 saturated carbocycles. The molecule has 0 unspecified atom stereocenters. The summed E-state index contributed by atoms with van der Waals surface area (Å²) in [5, 5.41) is 2.13. The van der Waals surface area contributed by atoms with E-state index in [4.69, 9.17) is 0 Å². The highest BCUT2D eigenvalue weighted by molar-refractivity contribution is 7.89. The van der Waals surface area contributed by atoms with Gasteiger partial charge in [-0.2, -0.15) is 4.72 Å². The molecule has 1 atom stereocenters. The molecule has 0 aliphatic heterocycles. The van der Waals surface area contributed by atoms with Gasteiger partial charge in [-0.3, -0.25) is 0 Å². The predicted octanol–water partition coefficient (Wildman–Crippen LogP) is 8.28. The minimum absolute atomic E-state index is 0.0699. The molecule has 188 valence electrons. The Labute approximate surface area is 216 Å². The molecule has 0 amide bonds. The summed E-state index contributed by atoms with van der Waals surface area (Å²) in [5.74, 6) is 0.457. The summed E-state index contributed by atoms with van der Waals surface area (Å²) in [6, 6.07) is 27.7. The maximum Gasteiger partial charge on any atom is 0.242 e. The van der Waals surface area contributed by atoms with Crippen molar-refractivity contribution in [2.24, 2.45) is 0 Å². The van der Waals surface area contributed by atoms with Crippen LogP contribution < -0.4 is 4.72 Å². The Balaban J connectivity index is 1.94. The van der Waals surface area contributed by atoms with Crippen LogP contribution in [0.2, 0.25) is 0 Å². The number of benzene rings is 4. The zero-order valence-corrected chi connectivity index (χ0v) is 22.9. The second-order valence-corrected chi connectivity index (χ2v) is 12.2. The van der Waals surface area contributed by atoms with Crippen LogP contribution in [0.25, 0.3) is 10.8 Å². The molecule has 4 heteroatoms. The molecule has 0 aromatic heterocycles. The largest absolute Gasteiger partial charge is 0.242 e. The van der Waals surface area contributed by atoms with Gasteiger partial charge in [0.15, 0.2) is 0 Å². The fourth-order valence-corrected chi connectivity index (χ4v) is 6.77. The van der Waals surface area contributed by atoms with Crippen LogP contribution in [0.5, 0.6) is 0 Å². The number of sulfonamides is 1. The molecule has 0 aliphatic carbocycles. The van der Waals surface area contributed by atoms with Gasteiger partial charge in [0.2, 0.25) is 10.0 Å². The average molecular weight is 500 g/mol. The van der Waals surface area contributed by atoms with Crippen LogP contribution in [0.15, 0.2) is 89.8 Å². The van der Waals surface area contributed by atoms with E-state index in [1.54, 1.807) is 0 Å². The molecule has 0 fully saturated rings. The smallest absolute Gasteiger partial charge is 0.207 e. The topological polar surface area (TPSA) is 46.2 Å². The van der Waals surface area contributed by atoms with E-state index >= 15 is 0 Å². The summed E-state index contributed by atoms with van der Waals surface area (Å²) < 4.78 is 31.8. The lowest BCUT2D eigenvalue weighted by Gasteiger charge is -2.26. The Bertz CT molecular complexity index is 1420. The lowest BCUT2D eigenvalue weighted by atomic mass is 9.89. The monoisotopic (exact) mass is 499 g/mol. The van der Waals surface area contributed by atoms with E-state index in [2.05, 4.69) is 76.6 Å². The highest BCUT2D eigenvalue weighted by atomic mass is 32.2. The lowest BCUT2D eigenvalue weighted by Crippen LogP contribution is -2.31. The molecule has 36 heavy (non-hydrogen) atoms. The zero-order chi connectivity index (χ0) is 26.0. The Morgan fingerprint density at radius 1 is 0.583 bits per heavy atom. The zero-order valence-electron chi connectivity index (χ0n) is 22.1. The molecule has 4 rings (SSSR count). The molecule has 0 heterocycles. The summed E-state index contributed by atoms with van der Waals surface area (Å²) in [5.41, 5.74) is 4.78. The molecule has 1 N–H and O–H groups in total. The van der Waals surface area contributed by atoms with Gasteiger partial charge in [-0.05, 0) is 56.3 Å². The molecule has 0 bridgehead atoms. The van der Waals surface area contributed by atoms with Crippen LogP contribution in [0.1, 0.15) is 93.2 Å². The molecule has 4 aromatic rings. The second-order valence-electron chi connectivity index (χ2n) is 10.5. The average Bonchev–Trinajstić information content (AvgIpc) is 2.86. The summed E-state index contributed by atoms with van der Waals surface area (Å²) in [7, 11) is -3.87. The third kappa shape index (κ3) is 5.25. The first-order valence-corrected chi connectivity index (χ1v) is 14.3. The molecule has 3 nitrogen and oxygen atoms in total. The highest BCUT2D eigenvalue weighted by Crippen LogP contribution is 2.37. The normalized spacial score (nSPS) is 13.1. The van der Waals surface area contributed by atoms with Crippen LogP contribution in [-0.2, 0) is 10.0 Å². The number of rotatable bonds is 8. The van der Waals surface area contributed by atoms with Gasteiger partial charge in [-0.15, -0.1) is 0 Å². The van der Waals surface area contributed by atoms with E-state index in [-0.39, 0.29) is 11.8 Å². The first-order chi connectivity index (χ1) is 17.1. The molecule has 0 saturated heterocycles. The third-order valence-corrected chi connectivity index (χ3v) is 8.44. The summed E-state index contributed by atoms with van der Waals surface area (Å²) >= 11 is 0. The Kier molecular flexibility index (Phi) is 7.67. The Hall–Kier alpha value is -2.95. The van der Waals surface area contributed by atoms with E-state index < -0.39 is 16.1 Å². The van der Waals surface area contributed by atoms with E-state index in [1.807, 2.05) is 54.6 Å². The van der Waals surface area contributed by atoms with Crippen molar-refractivity contribution in [3.8, 4) is 0 Å². The van der Waals surface area contributed by atoms with Crippen molar-refractivity contribution in [1.29, 1.82) is 0 Å². The highest BCUT2D eigenvalue weighted by Gasteiger charge is 2.30. The van der Waals surface area contributed by atoms with Crippen molar-refractivity contribution in [3.63, 3.8) is 0 Å². The summed E-state index contributed by atoms with van der Waals surface area (Å²) in [4.78, 5) is 0.429. The van der Waals surface area contributed by atoms with Crippen LogP contribution in [-0.4, -0.2) is 8.42 Å². The predicted molar refractivity (Wildman–Crippen MR) is 151 cm³/mol. The van der Waals surface area contributed by atoms with Crippen LogP contribution in [0.3, 0.4) is 0 Å². The Morgan fingerprint density at radius 2 is 1.14 bits per heavy atom. The SMILES string of the molecule is CC(C)c1cc(C(C)C)c(S(=O)(=O)N[C@H](c2ccccc2)c2cccc3ccccc23)c(C(C)C)c1. The summed E-state index contributed by atoms with van der Waals surface area (Å²) in [6.07, 6.45) is 0. The van der Waals surface area contributed by atoms with Crippen LogP contribution >= 0.6 is 0 Å². The molecule has 0 radical (unpaired) electrons. The number of hydrogen-bond acceptors (Lipinski definition) is 2.